The number of nitrogens with one attached hydrogen (secondary N) is 1. The molecule has 0 spiro atoms. The lowest BCUT2D eigenvalue weighted by Gasteiger charge is -2.06. The van der Waals surface area contributed by atoms with Gasteiger partial charge in [0.05, 0.1) is 11.9 Å². The van der Waals surface area contributed by atoms with Crippen LogP contribution in [0.15, 0.2) is 61.4 Å². The van der Waals surface area contributed by atoms with Crippen molar-refractivity contribution < 1.29 is 4.79 Å². The molecule has 0 atom stereocenters. The summed E-state index contributed by atoms with van der Waals surface area (Å²) in [6.07, 6.45) is 8.96. The number of rotatable bonds is 3. The lowest BCUT2D eigenvalue weighted by atomic mass is 10.2. The molecule has 3 aromatic rings. The van der Waals surface area contributed by atoms with E-state index in [-0.39, 0.29) is 5.91 Å². The minimum absolute atomic E-state index is 0.110. The molecule has 0 aliphatic rings. The van der Waals surface area contributed by atoms with E-state index in [1.165, 1.54) is 0 Å². The molecule has 0 aliphatic heterocycles. The first-order valence-corrected chi connectivity index (χ1v) is 6.24. The molecule has 5 heteroatoms. The molecule has 1 amide bonds. The first-order valence-electron chi connectivity index (χ1n) is 6.24. The van der Waals surface area contributed by atoms with E-state index in [1.807, 2.05) is 52.8 Å². The highest BCUT2D eigenvalue weighted by atomic mass is 16.1. The molecule has 3 rings (SSSR count). The fraction of sp³-hybridized carbons (Fsp3) is 0.0667. The Balaban J connectivity index is 1.74. The number of hydrogen-bond donors (Lipinski definition) is 1. The van der Waals surface area contributed by atoms with Crippen LogP contribution in [0.1, 0.15) is 10.4 Å². The molecule has 2 heterocycles. The molecule has 0 unspecified atom stereocenters. The van der Waals surface area contributed by atoms with Gasteiger partial charge in [0.2, 0.25) is 0 Å². The number of benzene rings is 1. The van der Waals surface area contributed by atoms with Crippen LogP contribution in [0.4, 0.5) is 5.69 Å². The van der Waals surface area contributed by atoms with E-state index in [9.17, 15) is 4.79 Å². The Morgan fingerprint density at radius 1 is 1.15 bits per heavy atom. The fourth-order valence-electron chi connectivity index (χ4n) is 1.97. The molecule has 1 aromatic carbocycles. The highest BCUT2D eigenvalue weighted by Crippen LogP contribution is 2.14. The van der Waals surface area contributed by atoms with Crippen molar-refractivity contribution in [2.75, 3.05) is 5.32 Å². The van der Waals surface area contributed by atoms with Gasteiger partial charge in [0, 0.05) is 43.2 Å². The number of anilines is 1. The van der Waals surface area contributed by atoms with Crippen LogP contribution in [0.2, 0.25) is 0 Å². The zero-order chi connectivity index (χ0) is 13.9. The van der Waals surface area contributed by atoms with E-state index < -0.39 is 0 Å². The van der Waals surface area contributed by atoms with Gasteiger partial charge >= 0.3 is 0 Å². The number of carbonyl (C=O) groups excluding carboxylic acids is 1. The number of aromatic nitrogens is 3. The van der Waals surface area contributed by atoms with Crippen LogP contribution in [0, 0.1) is 0 Å². The maximum atomic E-state index is 12.0. The van der Waals surface area contributed by atoms with Gasteiger partial charge in [-0.05, 0) is 30.3 Å². The number of nitrogens with zero attached hydrogens (tertiary/aromatic N) is 3. The zero-order valence-electron chi connectivity index (χ0n) is 11.0. The number of imidazole rings is 1. The third-order valence-corrected chi connectivity index (χ3v) is 3.02. The minimum Gasteiger partial charge on any atom is -0.356 e. The number of amides is 1. The van der Waals surface area contributed by atoms with E-state index in [0.717, 1.165) is 11.4 Å². The Hall–Kier alpha value is -2.82. The highest BCUT2D eigenvalue weighted by molar-refractivity contribution is 6.04. The summed E-state index contributed by atoms with van der Waals surface area (Å²) in [7, 11) is 1.89. The number of aryl methyl sites for hydroxylation is 1. The maximum Gasteiger partial charge on any atom is 0.257 e. The summed E-state index contributed by atoms with van der Waals surface area (Å²) < 4.78 is 3.75. The predicted molar refractivity (Wildman–Crippen MR) is 76.9 cm³/mol. The summed E-state index contributed by atoms with van der Waals surface area (Å²) in [4.78, 5) is 16.0. The average Bonchev–Trinajstić information content (AvgIpc) is 3.10. The molecule has 100 valence electrons. The van der Waals surface area contributed by atoms with Gasteiger partial charge in [-0.25, -0.2) is 4.98 Å². The van der Waals surface area contributed by atoms with Crippen molar-refractivity contribution in [2.24, 2.45) is 7.05 Å². The SMILES string of the molecule is Cn1ccc(C(=O)Nc2ccc(-n3ccnc3)cc2)c1. The quantitative estimate of drug-likeness (QED) is 0.791. The van der Waals surface area contributed by atoms with Crippen molar-refractivity contribution in [3.8, 4) is 5.69 Å². The second-order valence-corrected chi connectivity index (χ2v) is 4.54. The largest absolute Gasteiger partial charge is 0.356 e. The smallest absolute Gasteiger partial charge is 0.257 e. The summed E-state index contributed by atoms with van der Waals surface area (Å²) in [5.74, 6) is -0.110. The van der Waals surface area contributed by atoms with E-state index in [4.69, 9.17) is 0 Å². The van der Waals surface area contributed by atoms with Crippen LogP contribution in [-0.2, 0) is 7.05 Å². The summed E-state index contributed by atoms with van der Waals surface area (Å²) in [5.41, 5.74) is 2.41. The molecule has 0 bridgehead atoms. The topological polar surface area (TPSA) is 51.9 Å². The van der Waals surface area contributed by atoms with Crippen molar-refractivity contribution in [1.82, 2.24) is 14.1 Å². The molecule has 2 aromatic heterocycles. The third-order valence-electron chi connectivity index (χ3n) is 3.02. The Morgan fingerprint density at radius 3 is 2.55 bits per heavy atom. The van der Waals surface area contributed by atoms with E-state index in [2.05, 4.69) is 10.3 Å². The van der Waals surface area contributed by atoms with E-state index in [0.29, 0.717) is 5.56 Å². The van der Waals surface area contributed by atoms with Crippen LogP contribution in [0.3, 0.4) is 0 Å². The van der Waals surface area contributed by atoms with Gasteiger partial charge in [0.1, 0.15) is 0 Å². The van der Waals surface area contributed by atoms with Crippen LogP contribution in [0.25, 0.3) is 5.69 Å². The van der Waals surface area contributed by atoms with Crippen molar-refractivity contribution >= 4 is 11.6 Å². The van der Waals surface area contributed by atoms with Crippen LogP contribution >= 0.6 is 0 Å². The molecule has 0 fully saturated rings. The van der Waals surface area contributed by atoms with Gasteiger partial charge in [-0.2, -0.15) is 0 Å². The van der Waals surface area contributed by atoms with Gasteiger partial charge < -0.3 is 14.5 Å². The van der Waals surface area contributed by atoms with Gasteiger partial charge in [-0.3, -0.25) is 4.79 Å². The monoisotopic (exact) mass is 266 g/mol. The second-order valence-electron chi connectivity index (χ2n) is 4.54. The summed E-state index contributed by atoms with van der Waals surface area (Å²) in [6.45, 7) is 0. The lowest BCUT2D eigenvalue weighted by molar-refractivity contribution is 0.102. The zero-order valence-corrected chi connectivity index (χ0v) is 11.0. The predicted octanol–water partition coefficient (Wildman–Crippen LogP) is 2.46. The van der Waals surface area contributed by atoms with Gasteiger partial charge in [0.25, 0.3) is 5.91 Å². The Morgan fingerprint density at radius 2 is 1.95 bits per heavy atom. The third kappa shape index (κ3) is 2.47. The van der Waals surface area contributed by atoms with Crippen LogP contribution < -0.4 is 5.32 Å². The fourth-order valence-corrected chi connectivity index (χ4v) is 1.97. The first kappa shape index (κ1) is 12.2. The van der Waals surface area contributed by atoms with E-state index in [1.54, 1.807) is 24.8 Å². The molecular formula is C15H14N4O. The average molecular weight is 266 g/mol. The first-order chi connectivity index (χ1) is 9.72. The Labute approximate surface area is 116 Å². The van der Waals surface area contributed by atoms with Gasteiger partial charge in [0.15, 0.2) is 0 Å². The molecule has 0 aliphatic carbocycles. The molecule has 5 nitrogen and oxygen atoms in total. The number of hydrogen-bond acceptors (Lipinski definition) is 2. The normalized spacial score (nSPS) is 10.4. The summed E-state index contributed by atoms with van der Waals surface area (Å²) in [6, 6.07) is 9.39. The van der Waals surface area contributed by atoms with Gasteiger partial charge in [-0.1, -0.05) is 0 Å². The lowest BCUT2D eigenvalue weighted by Crippen LogP contribution is -2.11. The molecule has 1 N–H and O–H groups in total. The molecule has 0 radical (unpaired) electrons. The van der Waals surface area contributed by atoms with Crippen molar-refractivity contribution in [3.63, 3.8) is 0 Å². The second kappa shape index (κ2) is 5.05. The Bertz CT molecular complexity index is 711. The molecular weight excluding hydrogens is 252 g/mol. The summed E-state index contributed by atoms with van der Waals surface area (Å²) >= 11 is 0. The van der Waals surface area contributed by atoms with Crippen molar-refractivity contribution in [2.45, 2.75) is 0 Å². The number of carbonyl (C=O) groups is 1. The summed E-state index contributed by atoms with van der Waals surface area (Å²) in [5, 5.41) is 2.87. The molecule has 0 saturated heterocycles. The van der Waals surface area contributed by atoms with Crippen molar-refractivity contribution in [1.29, 1.82) is 0 Å². The van der Waals surface area contributed by atoms with Crippen LogP contribution in [0.5, 0.6) is 0 Å². The van der Waals surface area contributed by atoms with Crippen LogP contribution in [-0.4, -0.2) is 20.0 Å². The maximum absolute atomic E-state index is 12.0. The Kier molecular flexibility index (Phi) is 3.09. The minimum atomic E-state index is -0.110. The molecule has 20 heavy (non-hydrogen) atoms. The standard InChI is InChI=1S/C15H14N4O/c1-18-8-6-12(10-18)15(20)17-13-2-4-14(5-3-13)19-9-7-16-11-19/h2-11H,1H3,(H,17,20). The van der Waals surface area contributed by atoms with E-state index >= 15 is 0 Å². The molecule has 0 saturated carbocycles. The highest BCUT2D eigenvalue weighted by Gasteiger charge is 2.07. The van der Waals surface area contributed by atoms with Gasteiger partial charge in [-0.15, -0.1) is 0 Å². The van der Waals surface area contributed by atoms with Crippen molar-refractivity contribution in [3.05, 3.63) is 67.0 Å².